The van der Waals surface area contributed by atoms with E-state index in [0.29, 0.717) is 15.7 Å². The number of carbonyl (C=O) groups excluding carboxylic acids is 2. The lowest BCUT2D eigenvalue weighted by atomic mass is 10.3. The molecule has 0 unspecified atom stereocenters. The van der Waals surface area contributed by atoms with Crippen LogP contribution in [0.5, 0.6) is 0 Å². The normalized spacial score (nSPS) is 10.4. The Bertz CT molecular complexity index is 943. The molecule has 0 fully saturated rings. The van der Waals surface area contributed by atoms with Gasteiger partial charge in [-0.05, 0) is 30.3 Å². The number of nitrogens with zero attached hydrogens (tertiary/aromatic N) is 3. The molecule has 2 aromatic carbocycles. The third kappa shape index (κ3) is 4.38. The number of halogens is 2. The van der Waals surface area contributed by atoms with Crippen LogP contribution in [0.2, 0.25) is 10.0 Å². The van der Waals surface area contributed by atoms with Gasteiger partial charge in [0.05, 0.1) is 29.1 Å². The molecule has 2 amide bonds. The summed E-state index contributed by atoms with van der Waals surface area (Å²) >= 11 is 11.8. The molecule has 9 heteroatoms. The third-order valence-corrected chi connectivity index (χ3v) is 3.89. The highest BCUT2D eigenvalue weighted by Crippen LogP contribution is 2.25. The number of nitrogens with one attached hydrogen (secondary N) is 2. The number of hydrogen-bond acceptors (Lipinski definition) is 4. The Hall–Kier alpha value is -2.90. The van der Waals surface area contributed by atoms with Crippen LogP contribution in [0.4, 0.5) is 5.69 Å². The number of amides is 2. The molecule has 3 rings (SSSR count). The number of para-hydroxylation sites is 1. The van der Waals surface area contributed by atoms with Gasteiger partial charge in [-0.15, -0.1) is 5.10 Å². The summed E-state index contributed by atoms with van der Waals surface area (Å²) in [5, 5.41) is 14.0. The van der Waals surface area contributed by atoms with Crippen LogP contribution < -0.4 is 10.6 Å². The van der Waals surface area contributed by atoms with E-state index in [0.717, 1.165) is 5.69 Å². The van der Waals surface area contributed by atoms with Gasteiger partial charge in [-0.2, -0.15) is 9.90 Å². The molecule has 2 N–H and O–H groups in total. The first-order valence-electron chi connectivity index (χ1n) is 7.54. The SMILES string of the molecule is O=C(CNC(=O)c1cnn(-c2ccccc2)n1)Nc1cc(Cl)ccc1Cl. The molecule has 0 saturated heterocycles. The quantitative estimate of drug-likeness (QED) is 0.701. The Morgan fingerprint density at radius 1 is 1.08 bits per heavy atom. The van der Waals surface area contributed by atoms with Crippen molar-refractivity contribution in [2.45, 2.75) is 0 Å². The first kappa shape index (κ1) is 17.9. The zero-order valence-electron chi connectivity index (χ0n) is 13.3. The van der Waals surface area contributed by atoms with E-state index in [2.05, 4.69) is 20.8 Å². The standard InChI is InChI=1S/C17H13Cl2N5O2/c18-11-6-7-13(19)14(8-11)22-16(25)10-20-17(26)15-9-21-24(23-15)12-4-2-1-3-5-12/h1-9H,10H2,(H,20,26)(H,22,25). The molecule has 7 nitrogen and oxygen atoms in total. The molecule has 26 heavy (non-hydrogen) atoms. The van der Waals surface area contributed by atoms with Crippen molar-refractivity contribution < 1.29 is 9.59 Å². The first-order valence-corrected chi connectivity index (χ1v) is 8.29. The summed E-state index contributed by atoms with van der Waals surface area (Å²) in [4.78, 5) is 25.4. The number of hydrogen-bond donors (Lipinski definition) is 2. The predicted octanol–water partition coefficient (Wildman–Crippen LogP) is 2.94. The van der Waals surface area contributed by atoms with Crippen LogP contribution in [0.25, 0.3) is 5.69 Å². The van der Waals surface area contributed by atoms with Crippen molar-refractivity contribution in [1.29, 1.82) is 0 Å². The molecule has 0 aliphatic rings. The van der Waals surface area contributed by atoms with Gasteiger partial charge in [-0.1, -0.05) is 41.4 Å². The van der Waals surface area contributed by atoms with Crippen LogP contribution in [-0.2, 0) is 4.79 Å². The highest BCUT2D eigenvalue weighted by Gasteiger charge is 2.13. The lowest BCUT2D eigenvalue weighted by Crippen LogP contribution is -2.33. The molecule has 0 spiro atoms. The van der Waals surface area contributed by atoms with Crippen molar-refractivity contribution in [3.63, 3.8) is 0 Å². The van der Waals surface area contributed by atoms with E-state index in [1.165, 1.54) is 17.1 Å². The van der Waals surface area contributed by atoms with E-state index in [4.69, 9.17) is 23.2 Å². The van der Waals surface area contributed by atoms with Crippen molar-refractivity contribution in [3.8, 4) is 5.69 Å². The zero-order chi connectivity index (χ0) is 18.5. The van der Waals surface area contributed by atoms with Gasteiger partial charge in [0.2, 0.25) is 5.91 Å². The highest BCUT2D eigenvalue weighted by molar-refractivity contribution is 6.35. The second kappa shape index (κ2) is 7.99. The minimum atomic E-state index is -0.514. The fraction of sp³-hybridized carbons (Fsp3) is 0.0588. The lowest BCUT2D eigenvalue weighted by molar-refractivity contribution is -0.115. The topological polar surface area (TPSA) is 88.9 Å². The van der Waals surface area contributed by atoms with Crippen molar-refractivity contribution >= 4 is 40.7 Å². The van der Waals surface area contributed by atoms with Crippen LogP contribution in [0.3, 0.4) is 0 Å². The van der Waals surface area contributed by atoms with Crippen molar-refractivity contribution in [2.75, 3.05) is 11.9 Å². The largest absolute Gasteiger partial charge is 0.342 e. The van der Waals surface area contributed by atoms with Gasteiger partial charge in [0, 0.05) is 5.02 Å². The van der Waals surface area contributed by atoms with E-state index in [9.17, 15) is 9.59 Å². The van der Waals surface area contributed by atoms with Crippen LogP contribution in [0.15, 0.2) is 54.7 Å². The van der Waals surface area contributed by atoms with E-state index in [-0.39, 0.29) is 12.2 Å². The second-order valence-corrected chi connectivity index (χ2v) is 6.05. The molecular formula is C17H13Cl2N5O2. The average molecular weight is 390 g/mol. The maximum atomic E-state index is 12.1. The molecular weight excluding hydrogens is 377 g/mol. The predicted molar refractivity (Wildman–Crippen MR) is 98.8 cm³/mol. The van der Waals surface area contributed by atoms with Crippen LogP contribution in [0, 0.1) is 0 Å². The van der Waals surface area contributed by atoms with E-state index < -0.39 is 11.8 Å². The Labute approximate surface area is 158 Å². The second-order valence-electron chi connectivity index (χ2n) is 5.21. The van der Waals surface area contributed by atoms with Gasteiger partial charge in [0.1, 0.15) is 0 Å². The number of benzene rings is 2. The number of rotatable bonds is 5. The molecule has 0 aliphatic heterocycles. The van der Waals surface area contributed by atoms with E-state index in [1.54, 1.807) is 12.1 Å². The van der Waals surface area contributed by atoms with Gasteiger partial charge in [-0.3, -0.25) is 9.59 Å². The van der Waals surface area contributed by atoms with Gasteiger partial charge in [0.15, 0.2) is 5.69 Å². The third-order valence-electron chi connectivity index (χ3n) is 3.32. The molecule has 3 aromatic rings. The molecule has 0 radical (unpaired) electrons. The summed E-state index contributed by atoms with van der Waals surface area (Å²) in [6, 6.07) is 13.9. The summed E-state index contributed by atoms with van der Waals surface area (Å²) < 4.78 is 0. The minimum absolute atomic E-state index is 0.0995. The number of anilines is 1. The van der Waals surface area contributed by atoms with Crippen LogP contribution >= 0.6 is 23.2 Å². The molecule has 1 heterocycles. The number of aromatic nitrogens is 3. The molecule has 0 atom stereocenters. The molecule has 0 saturated carbocycles. The molecule has 0 bridgehead atoms. The molecule has 0 aliphatic carbocycles. The summed E-state index contributed by atoms with van der Waals surface area (Å²) in [7, 11) is 0. The van der Waals surface area contributed by atoms with Gasteiger partial charge < -0.3 is 10.6 Å². The van der Waals surface area contributed by atoms with Crippen molar-refractivity contribution in [2.24, 2.45) is 0 Å². The summed E-state index contributed by atoms with van der Waals surface area (Å²) in [6.07, 6.45) is 1.33. The van der Waals surface area contributed by atoms with Gasteiger partial charge in [0.25, 0.3) is 5.91 Å². The van der Waals surface area contributed by atoms with E-state index in [1.807, 2.05) is 30.3 Å². The highest BCUT2D eigenvalue weighted by atomic mass is 35.5. The lowest BCUT2D eigenvalue weighted by Gasteiger charge is -2.08. The first-order chi connectivity index (χ1) is 12.5. The minimum Gasteiger partial charge on any atom is -0.342 e. The van der Waals surface area contributed by atoms with Crippen LogP contribution in [-0.4, -0.2) is 33.4 Å². The summed E-state index contributed by atoms with van der Waals surface area (Å²) in [5.41, 5.74) is 1.19. The zero-order valence-corrected chi connectivity index (χ0v) is 14.8. The van der Waals surface area contributed by atoms with Crippen molar-refractivity contribution in [3.05, 3.63) is 70.5 Å². The monoisotopic (exact) mass is 389 g/mol. The Morgan fingerprint density at radius 2 is 1.85 bits per heavy atom. The summed E-state index contributed by atoms with van der Waals surface area (Å²) in [6.45, 7) is -0.250. The van der Waals surface area contributed by atoms with Crippen LogP contribution in [0.1, 0.15) is 10.5 Å². The Morgan fingerprint density at radius 3 is 2.62 bits per heavy atom. The average Bonchev–Trinajstić information content (AvgIpc) is 3.14. The fourth-order valence-corrected chi connectivity index (χ4v) is 2.43. The Balaban J connectivity index is 1.58. The van der Waals surface area contributed by atoms with Gasteiger partial charge in [-0.25, -0.2) is 0 Å². The number of carbonyl (C=O) groups is 2. The maximum absolute atomic E-state index is 12.1. The maximum Gasteiger partial charge on any atom is 0.273 e. The summed E-state index contributed by atoms with van der Waals surface area (Å²) in [5.74, 6) is -0.961. The van der Waals surface area contributed by atoms with Crippen molar-refractivity contribution in [1.82, 2.24) is 20.3 Å². The molecule has 132 valence electrons. The molecule has 1 aromatic heterocycles. The Kier molecular flexibility index (Phi) is 5.50. The van der Waals surface area contributed by atoms with E-state index >= 15 is 0 Å². The van der Waals surface area contributed by atoms with Gasteiger partial charge >= 0.3 is 0 Å². The fourth-order valence-electron chi connectivity index (χ4n) is 2.09. The smallest absolute Gasteiger partial charge is 0.273 e.